The zero-order valence-corrected chi connectivity index (χ0v) is 7.33. The summed E-state index contributed by atoms with van der Waals surface area (Å²) in [5.74, 6) is -1.81. The molecule has 0 bridgehead atoms. The molecule has 1 aliphatic rings. The lowest BCUT2D eigenvalue weighted by Crippen LogP contribution is -2.44. The lowest BCUT2D eigenvalue weighted by atomic mass is 10.5. The molecule has 1 aromatic carbocycles. The first kappa shape index (κ1) is 8.97. The van der Waals surface area contributed by atoms with E-state index in [1.165, 1.54) is 0 Å². The number of nitrogens with zero attached hydrogens (tertiary/aromatic N) is 2. The van der Waals surface area contributed by atoms with E-state index in [0.717, 1.165) is 0 Å². The van der Waals surface area contributed by atoms with E-state index < -0.39 is 12.1 Å². The summed E-state index contributed by atoms with van der Waals surface area (Å²) in [7, 11) is 0. The van der Waals surface area contributed by atoms with Crippen LogP contribution in [0.5, 0.6) is 0 Å². The second-order valence-electron chi connectivity index (χ2n) is 2.59. The molecule has 0 aliphatic carbocycles. The van der Waals surface area contributed by atoms with Gasteiger partial charge >= 0.3 is 12.1 Å². The third-order valence-corrected chi connectivity index (χ3v) is 1.64. The van der Waals surface area contributed by atoms with Crippen molar-refractivity contribution in [3.8, 4) is 0 Å². The van der Waals surface area contributed by atoms with E-state index in [1.807, 2.05) is 5.32 Å². The van der Waals surface area contributed by atoms with Crippen molar-refractivity contribution < 1.29 is 14.3 Å². The molecule has 1 amide bonds. The van der Waals surface area contributed by atoms with Gasteiger partial charge in [-0.05, 0) is 24.3 Å². The number of nitrogens with one attached hydrogen (secondary N) is 1. The van der Waals surface area contributed by atoms with E-state index in [9.17, 15) is 9.90 Å². The van der Waals surface area contributed by atoms with Gasteiger partial charge in [0.05, 0.1) is 0 Å². The molecule has 0 aromatic heterocycles. The summed E-state index contributed by atoms with van der Waals surface area (Å²) in [4.78, 5) is 18.0. The molecule has 0 fully saturated rings. The standard InChI is InChI=1S/C9H3N3O3/c1-15-9(12-8(13)14)10-6-4-2-3-5-7(6)11-9/h12H,1H2/q+1. The fourth-order valence-electron chi connectivity index (χ4n) is 1.08. The molecule has 1 aliphatic heterocycles. The van der Waals surface area contributed by atoms with Crippen molar-refractivity contribution in [2.45, 2.75) is 5.97 Å². The second kappa shape index (κ2) is 2.96. The molecule has 0 saturated carbocycles. The van der Waals surface area contributed by atoms with Crippen molar-refractivity contribution in [3.05, 3.63) is 35.0 Å². The number of fused-ring (bicyclic) bond motifs is 1. The molecule has 15 heavy (non-hydrogen) atoms. The van der Waals surface area contributed by atoms with Crippen LogP contribution in [0.25, 0.3) is 0 Å². The minimum atomic E-state index is -1.81. The number of hydrogen-bond donors (Lipinski definition) is 1. The Kier molecular flexibility index (Phi) is 1.77. The van der Waals surface area contributed by atoms with Crippen LogP contribution in [0.2, 0.25) is 0 Å². The summed E-state index contributed by atoms with van der Waals surface area (Å²) in [6, 6.07) is 10.1. The summed E-state index contributed by atoms with van der Waals surface area (Å²) in [5.41, 5.74) is 0. The van der Waals surface area contributed by atoms with Crippen LogP contribution in [0, 0.1) is 24.3 Å². The fourth-order valence-corrected chi connectivity index (χ4v) is 1.08. The van der Waals surface area contributed by atoms with E-state index in [-0.39, 0.29) is 10.7 Å². The Bertz CT molecular complexity index is 503. The van der Waals surface area contributed by atoms with E-state index in [0.29, 0.717) is 0 Å². The van der Waals surface area contributed by atoms with Gasteiger partial charge in [-0.3, -0.25) is 0 Å². The number of carbonyl (C=O) groups excluding carboxylic acids is 2. The van der Waals surface area contributed by atoms with Gasteiger partial charge < -0.3 is 0 Å². The van der Waals surface area contributed by atoms with Crippen molar-refractivity contribution >= 4 is 12.9 Å². The van der Waals surface area contributed by atoms with Crippen molar-refractivity contribution in [1.82, 2.24) is 5.32 Å². The average molecular weight is 201 g/mol. The van der Waals surface area contributed by atoms with Crippen LogP contribution in [0.3, 0.4) is 0 Å². The molecule has 1 N–H and O–H groups in total. The van der Waals surface area contributed by atoms with Gasteiger partial charge in [0.15, 0.2) is 10.7 Å². The molecular formula is C9H3N3O3+. The number of carbonyl (C=O) groups is 1. The lowest BCUT2D eigenvalue weighted by molar-refractivity contribution is -0.548. The molecule has 0 saturated heterocycles. The molecule has 0 unspecified atom stereocenters. The molecule has 1 heterocycles. The highest BCUT2D eigenvalue weighted by Gasteiger charge is 2.45. The normalized spacial score (nSPS) is 14.7. The minimum absolute atomic E-state index is 0.270. The van der Waals surface area contributed by atoms with Crippen molar-refractivity contribution in [2.75, 3.05) is 0 Å². The lowest BCUT2D eigenvalue weighted by Gasteiger charge is -2.02. The van der Waals surface area contributed by atoms with Gasteiger partial charge in [0.2, 0.25) is 0 Å². The first-order valence-electron chi connectivity index (χ1n) is 3.80. The Morgan fingerprint density at radius 2 is 1.87 bits per heavy atom. The van der Waals surface area contributed by atoms with Gasteiger partial charge in [-0.1, -0.05) is 0 Å². The third-order valence-electron chi connectivity index (χ3n) is 1.64. The van der Waals surface area contributed by atoms with Crippen LogP contribution < -0.4 is 16.0 Å². The summed E-state index contributed by atoms with van der Waals surface area (Å²) < 4.78 is 4.61. The zero-order chi connectivity index (χ0) is 10.9. The quantitative estimate of drug-likeness (QED) is 0.446. The van der Waals surface area contributed by atoms with Gasteiger partial charge in [0.25, 0.3) is 6.79 Å². The predicted molar refractivity (Wildman–Crippen MR) is 43.2 cm³/mol. The highest BCUT2D eigenvalue weighted by molar-refractivity contribution is 5.64. The smallest absolute Gasteiger partial charge is 0.220 e. The molecule has 71 valence electrons. The van der Waals surface area contributed by atoms with Crippen molar-refractivity contribution in [1.29, 1.82) is 0 Å². The summed E-state index contributed by atoms with van der Waals surface area (Å²) in [6.07, 6.45) is -1.58. The molecular weight excluding hydrogens is 198 g/mol. The molecule has 0 atom stereocenters. The van der Waals surface area contributed by atoms with Gasteiger partial charge in [0.1, 0.15) is 0 Å². The van der Waals surface area contributed by atoms with Gasteiger partial charge in [0, 0.05) is 0 Å². The van der Waals surface area contributed by atoms with Gasteiger partial charge in [-0.25, -0.2) is 9.90 Å². The van der Waals surface area contributed by atoms with E-state index in [1.54, 1.807) is 0 Å². The summed E-state index contributed by atoms with van der Waals surface area (Å²) >= 11 is 0. The van der Waals surface area contributed by atoms with Crippen LogP contribution >= 0.6 is 0 Å². The van der Waals surface area contributed by atoms with Crippen LogP contribution in [0.15, 0.2) is 9.98 Å². The molecule has 6 nitrogen and oxygen atoms in total. The Labute approximate surface area is 84.3 Å². The topological polar surface area (TPSA) is 85.0 Å². The maximum absolute atomic E-state index is 10.4. The second-order valence-corrected chi connectivity index (χ2v) is 2.59. The van der Waals surface area contributed by atoms with E-state index >= 15 is 0 Å². The van der Waals surface area contributed by atoms with Crippen LogP contribution in [-0.2, 0) is 9.53 Å². The predicted octanol–water partition coefficient (Wildman–Crippen LogP) is -1.74. The Morgan fingerprint density at radius 1 is 1.33 bits per heavy atom. The third kappa shape index (κ3) is 1.45. The van der Waals surface area contributed by atoms with Crippen LogP contribution in [-0.4, -0.2) is 18.9 Å². The number of rotatable bonds is 2. The van der Waals surface area contributed by atoms with E-state index in [2.05, 4.69) is 45.5 Å². The molecule has 1 radical (unpaired) electrons. The summed E-state index contributed by atoms with van der Waals surface area (Å²) in [6.45, 7) is 3.09. The molecule has 2 rings (SSSR count). The fraction of sp³-hybridized carbons (Fsp3) is 0.111. The maximum atomic E-state index is 10.4. The largest absolute Gasteiger partial charge is 0.577 e. The van der Waals surface area contributed by atoms with Crippen molar-refractivity contribution in [3.63, 3.8) is 0 Å². The van der Waals surface area contributed by atoms with Crippen LogP contribution in [0.1, 0.15) is 0 Å². The van der Waals surface area contributed by atoms with Crippen molar-refractivity contribution in [2.24, 2.45) is 9.98 Å². The Morgan fingerprint density at radius 3 is 2.27 bits per heavy atom. The minimum Gasteiger partial charge on any atom is -0.220 e. The van der Waals surface area contributed by atoms with Crippen LogP contribution in [0.4, 0.5) is 4.79 Å². The number of hydrogen-bond acceptors (Lipinski definition) is 3. The summed E-state index contributed by atoms with van der Waals surface area (Å²) in [5, 5.41) is 12.8. The molecule has 0 spiro atoms. The zero-order valence-electron chi connectivity index (χ0n) is 7.33. The Balaban J connectivity index is 2.54. The highest BCUT2D eigenvalue weighted by Crippen LogP contribution is 2.06. The first-order chi connectivity index (χ1) is 7.15. The monoisotopic (exact) mass is 201 g/mol. The average Bonchev–Trinajstić information content (AvgIpc) is 2.55. The molecule has 1 aromatic rings. The highest BCUT2D eigenvalue weighted by atomic mass is 16.5. The number of amides is 1. The molecule has 6 heteroatoms. The first-order valence-corrected chi connectivity index (χ1v) is 3.80. The SMILES string of the molecule is C=[O+]C1(NC([O])=O)N=c2c#cc#cc2=N1. The van der Waals surface area contributed by atoms with Gasteiger partial charge in [-0.2, -0.15) is 9.74 Å². The maximum Gasteiger partial charge on any atom is 0.577 e. The van der Waals surface area contributed by atoms with Gasteiger partial charge in [-0.15, -0.1) is 9.98 Å². The Hall–Kier alpha value is -2.60. The van der Waals surface area contributed by atoms with E-state index in [4.69, 9.17) is 0 Å².